The highest BCUT2D eigenvalue weighted by atomic mass is 33.1. The lowest BCUT2D eigenvalue weighted by Crippen LogP contribution is -2.21. The first-order valence-corrected chi connectivity index (χ1v) is 10.5. The van der Waals surface area contributed by atoms with Crippen LogP contribution in [-0.2, 0) is 14.3 Å². The Morgan fingerprint density at radius 1 is 1.38 bits per heavy atom. The maximum atomic E-state index is 13.6. The van der Waals surface area contributed by atoms with E-state index in [0.29, 0.717) is 11.7 Å². The highest BCUT2D eigenvalue weighted by Crippen LogP contribution is 2.39. The molecule has 1 fully saturated rings. The molecule has 0 spiro atoms. The van der Waals surface area contributed by atoms with Crippen LogP contribution >= 0.6 is 21.6 Å². The Labute approximate surface area is 158 Å². The van der Waals surface area contributed by atoms with Crippen molar-refractivity contribution >= 4 is 44.8 Å². The highest BCUT2D eigenvalue weighted by molar-refractivity contribution is 8.77. The zero-order chi connectivity index (χ0) is 18.9. The van der Waals surface area contributed by atoms with Crippen LogP contribution < -0.4 is 5.32 Å². The smallest absolute Gasteiger partial charge is 0.306 e. The Bertz CT molecular complexity index is 668. The molecule has 0 aromatic heterocycles. The Morgan fingerprint density at radius 2 is 2.19 bits per heavy atom. The molecule has 7 nitrogen and oxygen atoms in total. The summed E-state index contributed by atoms with van der Waals surface area (Å²) >= 11 is 0. The normalized spacial score (nSPS) is 16.3. The van der Waals surface area contributed by atoms with E-state index < -0.39 is 29.2 Å². The van der Waals surface area contributed by atoms with E-state index in [0.717, 1.165) is 31.0 Å². The number of hydrogen-bond donors (Lipinski definition) is 1. The fraction of sp³-hybridized carbons (Fsp3) is 0.500. The fourth-order valence-corrected chi connectivity index (χ4v) is 5.36. The summed E-state index contributed by atoms with van der Waals surface area (Å²) in [5.74, 6) is -0.874. The van der Waals surface area contributed by atoms with Crippen molar-refractivity contribution in [2.45, 2.75) is 37.4 Å². The molecule has 1 aliphatic rings. The topological polar surface area (TPSA) is 98.5 Å². The van der Waals surface area contributed by atoms with Crippen molar-refractivity contribution in [1.82, 2.24) is 0 Å². The molecule has 1 amide bonds. The minimum atomic E-state index is -0.807. The Morgan fingerprint density at radius 3 is 2.88 bits per heavy atom. The fourth-order valence-electron chi connectivity index (χ4n) is 2.33. The predicted octanol–water partition coefficient (Wildman–Crippen LogP) is 3.93. The van der Waals surface area contributed by atoms with Crippen LogP contribution in [0.25, 0.3) is 0 Å². The van der Waals surface area contributed by atoms with Crippen LogP contribution in [0.2, 0.25) is 0 Å². The van der Waals surface area contributed by atoms with Crippen molar-refractivity contribution in [3.05, 3.63) is 34.1 Å². The van der Waals surface area contributed by atoms with Crippen LogP contribution in [0.5, 0.6) is 0 Å². The maximum Gasteiger partial charge on any atom is 0.306 e. The molecular weight excluding hydrogens is 383 g/mol. The van der Waals surface area contributed by atoms with Crippen LogP contribution in [0.15, 0.2) is 18.2 Å². The molecule has 1 aromatic rings. The number of ether oxygens (including phenoxy) is 1. The van der Waals surface area contributed by atoms with Gasteiger partial charge in [0, 0.05) is 29.6 Å². The molecule has 142 valence electrons. The second-order valence-electron chi connectivity index (χ2n) is 5.70. The van der Waals surface area contributed by atoms with Gasteiger partial charge in [-0.15, -0.1) is 0 Å². The minimum absolute atomic E-state index is 0.225. The molecule has 0 saturated carbocycles. The molecule has 1 aromatic carbocycles. The third kappa shape index (κ3) is 6.83. The van der Waals surface area contributed by atoms with Crippen molar-refractivity contribution in [3.8, 4) is 0 Å². The molecule has 0 unspecified atom stereocenters. The molecule has 1 aliphatic heterocycles. The summed E-state index contributed by atoms with van der Waals surface area (Å²) in [7, 11) is 3.77. The van der Waals surface area contributed by atoms with Gasteiger partial charge in [-0.1, -0.05) is 28.0 Å². The molecule has 10 heteroatoms. The van der Waals surface area contributed by atoms with E-state index >= 15 is 0 Å². The summed E-state index contributed by atoms with van der Waals surface area (Å²) < 4.78 is 18.4. The molecule has 1 saturated heterocycles. The summed E-state index contributed by atoms with van der Waals surface area (Å²) in [5.41, 5.74) is -0.676. The molecule has 1 N–H and O–H groups in total. The minimum Gasteiger partial charge on any atom is -0.456 e. The van der Waals surface area contributed by atoms with Gasteiger partial charge in [-0.3, -0.25) is 19.7 Å². The number of nitro groups is 1. The van der Waals surface area contributed by atoms with Gasteiger partial charge in [0.05, 0.1) is 10.6 Å². The number of carbonyl (C=O) groups excluding carboxylic acids is 2. The van der Waals surface area contributed by atoms with Gasteiger partial charge in [0.2, 0.25) is 0 Å². The number of nitro benzene ring substituents is 1. The van der Waals surface area contributed by atoms with E-state index in [1.165, 1.54) is 12.2 Å². The summed E-state index contributed by atoms with van der Waals surface area (Å²) in [6.07, 6.45) is 4.12. The third-order valence-electron chi connectivity index (χ3n) is 3.68. The zero-order valence-electron chi connectivity index (χ0n) is 13.9. The molecule has 0 bridgehead atoms. The number of hydrogen-bond acceptors (Lipinski definition) is 7. The Kier molecular flexibility index (Phi) is 8.17. The van der Waals surface area contributed by atoms with Crippen molar-refractivity contribution in [2.75, 3.05) is 17.7 Å². The predicted molar refractivity (Wildman–Crippen MR) is 99.6 cm³/mol. The van der Waals surface area contributed by atoms with Crippen LogP contribution in [0.4, 0.5) is 15.8 Å². The number of unbranched alkanes of at least 4 members (excludes halogenated alkanes) is 1. The number of non-ortho nitro benzene ring substituents is 1. The number of carbonyl (C=O) groups is 2. The van der Waals surface area contributed by atoms with E-state index in [9.17, 15) is 24.1 Å². The second kappa shape index (κ2) is 10.4. The number of halogens is 1. The largest absolute Gasteiger partial charge is 0.456 e. The Balaban J connectivity index is 1.67. The number of esters is 1. The first kappa shape index (κ1) is 20.5. The van der Waals surface area contributed by atoms with E-state index in [2.05, 4.69) is 5.32 Å². The lowest BCUT2D eigenvalue weighted by Gasteiger charge is -2.08. The Hall–Kier alpha value is -1.81. The van der Waals surface area contributed by atoms with Gasteiger partial charge >= 0.3 is 5.97 Å². The highest BCUT2D eigenvalue weighted by Gasteiger charge is 2.17. The van der Waals surface area contributed by atoms with E-state index in [-0.39, 0.29) is 17.8 Å². The summed E-state index contributed by atoms with van der Waals surface area (Å²) in [6.45, 7) is -0.559. The van der Waals surface area contributed by atoms with E-state index in [4.69, 9.17) is 4.74 Å². The van der Waals surface area contributed by atoms with Gasteiger partial charge in [0.25, 0.3) is 11.6 Å². The zero-order valence-corrected chi connectivity index (χ0v) is 15.6. The summed E-state index contributed by atoms with van der Waals surface area (Å²) in [5, 5.41) is 13.5. The molecule has 0 aliphatic carbocycles. The summed E-state index contributed by atoms with van der Waals surface area (Å²) in [6, 6.07) is 2.79. The first-order valence-electron chi connectivity index (χ1n) is 8.13. The standard InChI is InChI=1S/C16H19FN2O5S2/c17-13-6-5-11(19(22)23)9-14(13)18-15(20)10-24-16(21)4-2-1-3-12-7-8-25-26-12/h5-6,9,12H,1-4,7-8,10H2,(H,18,20)/t12-/m1/s1. The van der Waals surface area contributed by atoms with Gasteiger partial charge in [-0.05, 0) is 25.3 Å². The molecular formula is C16H19FN2O5S2. The third-order valence-corrected chi connectivity index (χ3v) is 6.69. The molecule has 1 heterocycles. The number of benzene rings is 1. The molecule has 0 radical (unpaired) electrons. The van der Waals surface area contributed by atoms with Crippen LogP contribution in [-0.4, -0.2) is 34.4 Å². The van der Waals surface area contributed by atoms with Crippen molar-refractivity contribution in [3.63, 3.8) is 0 Å². The lowest BCUT2D eigenvalue weighted by atomic mass is 10.1. The second-order valence-corrected chi connectivity index (χ2v) is 8.49. The molecule has 26 heavy (non-hydrogen) atoms. The SMILES string of the molecule is O=C(COC(=O)CCCC[C@@H]1CCSS1)Nc1cc([N+](=O)[O-])ccc1F. The number of anilines is 1. The van der Waals surface area contributed by atoms with Crippen molar-refractivity contribution in [1.29, 1.82) is 0 Å². The van der Waals surface area contributed by atoms with Crippen LogP contribution in [0.1, 0.15) is 32.1 Å². The molecule has 1 atom stereocenters. The number of rotatable bonds is 9. The summed E-state index contributed by atoms with van der Waals surface area (Å²) in [4.78, 5) is 33.3. The first-order chi connectivity index (χ1) is 12.5. The maximum absolute atomic E-state index is 13.6. The number of amides is 1. The number of nitrogens with one attached hydrogen (secondary N) is 1. The van der Waals surface area contributed by atoms with Gasteiger partial charge in [-0.2, -0.15) is 0 Å². The molecule has 2 rings (SSSR count). The van der Waals surface area contributed by atoms with Crippen LogP contribution in [0.3, 0.4) is 0 Å². The van der Waals surface area contributed by atoms with Gasteiger partial charge in [0.1, 0.15) is 5.82 Å². The van der Waals surface area contributed by atoms with E-state index in [1.54, 1.807) is 0 Å². The van der Waals surface area contributed by atoms with Crippen molar-refractivity contribution < 1.29 is 23.6 Å². The van der Waals surface area contributed by atoms with Crippen LogP contribution in [0, 0.1) is 15.9 Å². The lowest BCUT2D eigenvalue weighted by molar-refractivity contribution is -0.384. The monoisotopic (exact) mass is 402 g/mol. The van der Waals surface area contributed by atoms with Crippen molar-refractivity contribution in [2.24, 2.45) is 0 Å². The van der Waals surface area contributed by atoms with Gasteiger partial charge in [-0.25, -0.2) is 4.39 Å². The average Bonchev–Trinajstić information content (AvgIpc) is 3.12. The van der Waals surface area contributed by atoms with E-state index in [1.807, 2.05) is 21.6 Å². The number of nitrogens with zero attached hydrogens (tertiary/aromatic N) is 1. The quantitative estimate of drug-likeness (QED) is 0.220. The van der Waals surface area contributed by atoms with Gasteiger partial charge in [0.15, 0.2) is 6.61 Å². The average molecular weight is 402 g/mol. The van der Waals surface area contributed by atoms with Gasteiger partial charge < -0.3 is 10.1 Å².